The number of hydrogen-bond donors (Lipinski definition) is 1. The van der Waals surface area contributed by atoms with E-state index in [2.05, 4.69) is 26.1 Å². The highest BCUT2D eigenvalue weighted by Crippen LogP contribution is 2.26. The molecule has 1 aliphatic rings. The van der Waals surface area contributed by atoms with E-state index in [1.165, 1.54) is 31.4 Å². The number of piperidine rings is 1. The van der Waals surface area contributed by atoms with E-state index in [9.17, 15) is 13.2 Å². The Morgan fingerprint density at radius 3 is 2.47 bits per heavy atom. The fourth-order valence-corrected chi connectivity index (χ4v) is 5.39. The zero-order valence-corrected chi connectivity index (χ0v) is 19.4. The molecule has 0 spiro atoms. The van der Waals surface area contributed by atoms with E-state index >= 15 is 0 Å². The van der Waals surface area contributed by atoms with Gasteiger partial charge in [0.2, 0.25) is 5.91 Å². The highest BCUT2D eigenvalue weighted by Gasteiger charge is 2.27. The molecule has 8 heteroatoms. The Morgan fingerprint density at radius 2 is 1.77 bits per heavy atom. The second-order valence-electron chi connectivity index (χ2n) is 7.41. The van der Waals surface area contributed by atoms with Gasteiger partial charge in [-0.3, -0.25) is 9.10 Å². The van der Waals surface area contributed by atoms with Crippen molar-refractivity contribution in [2.75, 3.05) is 37.0 Å². The van der Waals surface area contributed by atoms with Crippen LogP contribution >= 0.6 is 15.9 Å². The zero-order valence-electron chi connectivity index (χ0n) is 17.0. The third-order valence-electron chi connectivity index (χ3n) is 5.14. The number of anilines is 1. The number of sulfonamides is 1. The fourth-order valence-electron chi connectivity index (χ4n) is 3.57. The summed E-state index contributed by atoms with van der Waals surface area (Å²) in [6.07, 6.45) is 4.64. The molecule has 30 heavy (non-hydrogen) atoms. The van der Waals surface area contributed by atoms with Gasteiger partial charge in [0.15, 0.2) is 0 Å². The highest BCUT2D eigenvalue weighted by molar-refractivity contribution is 9.10. The molecular formula is C22H28BrN3O3S. The van der Waals surface area contributed by atoms with Crippen LogP contribution in [-0.2, 0) is 14.8 Å². The first kappa shape index (κ1) is 22.8. The van der Waals surface area contributed by atoms with Gasteiger partial charge in [0, 0.05) is 11.0 Å². The van der Waals surface area contributed by atoms with E-state index in [4.69, 9.17) is 0 Å². The van der Waals surface area contributed by atoms with Crippen LogP contribution in [0, 0.1) is 0 Å². The quantitative estimate of drug-likeness (QED) is 0.541. The first-order chi connectivity index (χ1) is 14.5. The Balaban J connectivity index is 1.66. The van der Waals surface area contributed by atoms with Crippen molar-refractivity contribution in [1.82, 2.24) is 10.2 Å². The molecule has 1 amide bonds. The summed E-state index contributed by atoms with van der Waals surface area (Å²) in [4.78, 5) is 15.2. The molecule has 162 valence electrons. The Labute approximate surface area is 187 Å². The minimum Gasteiger partial charge on any atom is -0.354 e. The van der Waals surface area contributed by atoms with E-state index in [-0.39, 0.29) is 17.3 Å². The van der Waals surface area contributed by atoms with Crippen molar-refractivity contribution in [2.45, 2.75) is 30.6 Å². The third kappa shape index (κ3) is 6.30. The van der Waals surface area contributed by atoms with Crippen molar-refractivity contribution in [3.8, 4) is 0 Å². The molecule has 2 aromatic carbocycles. The van der Waals surface area contributed by atoms with Gasteiger partial charge in [-0.15, -0.1) is 0 Å². The smallest absolute Gasteiger partial charge is 0.264 e. The molecule has 1 N–H and O–H groups in total. The number of carbonyl (C=O) groups is 1. The largest absolute Gasteiger partial charge is 0.354 e. The molecule has 0 aromatic heterocycles. The lowest BCUT2D eigenvalue weighted by Gasteiger charge is -2.26. The number of likely N-dealkylation sites (tertiary alicyclic amines) is 1. The summed E-state index contributed by atoms with van der Waals surface area (Å²) in [7, 11) is -3.87. The fraction of sp³-hybridized carbons (Fsp3) is 0.409. The second kappa shape index (κ2) is 10.9. The van der Waals surface area contributed by atoms with Gasteiger partial charge in [-0.25, -0.2) is 8.42 Å². The zero-order chi connectivity index (χ0) is 21.4. The third-order valence-corrected chi connectivity index (χ3v) is 7.42. The van der Waals surface area contributed by atoms with Crippen LogP contribution < -0.4 is 9.62 Å². The topological polar surface area (TPSA) is 69.7 Å². The van der Waals surface area contributed by atoms with Gasteiger partial charge >= 0.3 is 0 Å². The van der Waals surface area contributed by atoms with Crippen molar-refractivity contribution < 1.29 is 13.2 Å². The maximum Gasteiger partial charge on any atom is 0.264 e. The van der Waals surface area contributed by atoms with Crippen LogP contribution in [0.4, 0.5) is 5.69 Å². The summed E-state index contributed by atoms with van der Waals surface area (Å²) < 4.78 is 28.4. The van der Waals surface area contributed by atoms with Crippen LogP contribution in [0.2, 0.25) is 0 Å². The molecule has 1 fully saturated rings. The standard InChI is InChI=1S/C22H28BrN3O3S/c23-19-9-7-10-20(17-19)26(30(28,29)21-11-3-1-4-12-21)18-22(27)24-13-8-16-25-14-5-2-6-15-25/h1,3-4,7,9-12,17H,2,5-6,8,13-16,18H2,(H,24,27). The van der Waals surface area contributed by atoms with Gasteiger partial charge < -0.3 is 10.2 Å². The number of hydrogen-bond acceptors (Lipinski definition) is 4. The summed E-state index contributed by atoms with van der Waals surface area (Å²) in [6, 6.07) is 15.1. The van der Waals surface area contributed by atoms with Gasteiger partial charge in [-0.1, -0.05) is 46.6 Å². The normalized spacial score (nSPS) is 15.0. The maximum absolute atomic E-state index is 13.2. The SMILES string of the molecule is O=C(CN(c1cccc(Br)c1)S(=O)(=O)c1ccccc1)NCCCN1CCCCC1. The van der Waals surface area contributed by atoms with Crippen LogP contribution in [0.5, 0.6) is 0 Å². The minimum absolute atomic E-state index is 0.155. The van der Waals surface area contributed by atoms with Crippen LogP contribution in [-0.4, -0.2) is 51.9 Å². The molecule has 3 rings (SSSR count). The molecule has 0 atom stereocenters. The van der Waals surface area contributed by atoms with Crippen molar-refractivity contribution in [1.29, 1.82) is 0 Å². The Kier molecular flexibility index (Phi) is 8.30. The monoisotopic (exact) mass is 493 g/mol. The average Bonchev–Trinajstić information content (AvgIpc) is 2.76. The summed E-state index contributed by atoms with van der Waals surface area (Å²) in [5.41, 5.74) is 0.441. The lowest BCUT2D eigenvalue weighted by atomic mass is 10.1. The predicted molar refractivity (Wildman–Crippen MR) is 123 cm³/mol. The first-order valence-corrected chi connectivity index (χ1v) is 12.5. The number of halogens is 1. The van der Waals surface area contributed by atoms with E-state index in [1.54, 1.807) is 36.4 Å². The summed E-state index contributed by atoms with van der Waals surface area (Å²) in [5.74, 6) is -0.312. The Morgan fingerprint density at radius 1 is 1.03 bits per heavy atom. The number of benzene rings is 2. The molecule has 1 saturated heterocycles. The van der Waals surface area contributed by atoms with Gasteiger partial charge in [-0.2, -0.15) is 0 Å². The van der Waals surface area contributed by atoms with Crippen molar-refractivity contribution in [3.63, 3.8) is 0 Å². The second-order valence-corrected chi connectivity index (χ2v) is 10.2. The van der Waals surface area contributed by atoms with Gasteiger partial charge in [0.1, 0.15) is 6.54 Å². The van der Waals surface area contributed by atoms with E-state index in [0.29, 0.717) is 12.2 Å². The number of carbonyl (C=O) groups excluding carboxylic acids is 1. The van der Waals surface area contributed by atoms with E-state index < -0.39 is 10.0 Å². The molecular weight excluding hydrogens is 466 g/mol. The Hall–Kier alpha value is -1.90. The van der Waals surface area contributed by atoms with Gasteiger partial charge in [-0.05, 0) is 69.2 Å². The molecule has 0 saturated carbocycles. The molecule has 0 aliphatic carbocycles. The number of nitrogens with zero attached hydrogens (tertiary/aromatic N) is 2. The summed E-state index contributed by atoms with van der Waals surface area (Å²) in [5, 5.41) is 2.88. The lowest BCUT2D eigenvalue weighted by molar-refractivity contribution is -0.119. The van der Waals surface area contributed by atoms with Crippen molar-refractivity contribution in [2.24, 2.45) is 0 Å². The summed E-state index contributed by atoms with van der Waals surface area (Å²) in [6.45, 7) is 3.47. The lowest BCUT2D eigenvalue weighted by Crippen LogP contribution is -2.41. The number of amides is 1. The van der Waals surface area contributed by atoms with Crippen molar-refractivity contribution >= 4 is 37.5 Å². The van der Waals surface area contributed by atoms with Crippen LogP contribution in [0.15, 0.2) is 64.0 Å². The molecule has 0 unspecified atom stereocenters. The number of rotatable bonds is 9. The van der Waals surface area contributed by atoms with Gasteiger partial charge in [0.05, 0.1) is 10.6 Å². The first-order valence-electron chi connectivity index (χ1n) is 10.3. The van der Waals surface area contributed by atoms with E-state index in [0.717, 1.165) is 34.8 Å². The van der Waals surface area contributed by atoms with Crippen molar-refractivity contribution in [3.05, 3.63) is 59.1 Å². The van der Waals surface area contributed by atoms with Crippen LogP contribution in [0.1, 0.15) is 25.7 Å². The molecule has 1 aliphatic heterocycles. The molecule has 0 bridgehead atoms. The highest BCUT2D eigenvalue weighted by atomic mass is 79.9. The molecule has 2 aromatic rings. The van der Waals surface area contributed by atoms with Crippen LogP contribution in [0.3, 0.4) is 0 Å². The average molecular weight is 494 g/mol. The van der Waals surface area contributed by atoms with Crippen LogP contribution in [0.25, 0.3) is 0 Å². The summed E-state index contributed by atoms with van der Waals surface area (Å²) >= 11 is 3.38. The predicted octanol–water partition coefficient (Wildman–Crippen LogP) is 3.64. The minimum atomic E-state index is -3.87. The maximum atomic E-state index is 13.2. The Bertz CT molecular complexity index is 932. The molecule has 1 heterocycles. The van der Waals surface area contributed by atoms with E-state index in [1.807, 2.05) is 6.07 Å². The molecule has 6 nitrogen and oxygen atoms in total. The number of nitrogens with one attached hydrogen (secondary N) is 1. The molecule has 0 radical (unpaired) electrons. The van der Waals surface area contributed by atoms with Gasteiger partial charge in [0.25, 0.3) is 10.0 Å².